The van der Waals surface area contributed by atoms with Crippen LogP contribution in [0.15, 0.2) is 22.7 Å². The van der Waals surface area contributed by atoms with Crippen LogP contribution < -0.4 is 5.32 Å². The van der Waals surface area contributed by atoms with E-state index in [4.69, 9.17) is 0 Å². The summed E-state index contributed by atoms with van der Waals surface area (Å²) in [7, 11) is 0. The topological polar surface area (TPSA) is 12.0 Å². The molecule has 0 saturated carbocycles. The van der Waals surface area contributed by atoms with Crippen LogP contribution in [0.1, 0.15) is 24.0 Å². The third kappa shape index (κ3) is 3.51. The molecule has 1 aromatic rings. The lowest BCUT2D eigenvalue weighted by atomic mass is 10.1. The summed E-state index contributed by atoms with van der Waals surface area (Å²) in [5.74, 6) is 2.61. The summed E-state index contributed by atoms with van der Waals surface area (Å²) in [4.78, 5) is 0. The lowest BCUT2D eigenvalue weighted by molar-refractivity contribution is 0.507. The predicted molar refractivity (Wildman–Crippen MR) is 76.1 cm³/mol. The van der Waals surface area contributed by atoms with Gasteiger partial charge in [0.15, 0.2) is 0 Å². The van der Waals surface area contributed by atoms with Crippen LogP contribution in [-0.2, 0) is 6.54 Å². The molecule has 0 aliphatic carbocycles. The Kier molecular flexibility index (Phi) is 4.74. The molecule has 88 valence electrons. The first-order chi connectivity index (χ1) is 7.75. The Labute approximate surface area is 111 Å². The van der Waals surface area contributed by atoms with Crippen LogP contribution in [0.3, 0.4) is 0 Å². The molecule has 0 aromatic heterocycles. The zero-order chi connectivity index (χ0) is 11.4. The minimum absolute atomic E-state index is 0.701. The first-order valence-electron chi connectivity index (χ1n) is 5.82. The Bertz CT molecular complexity index is 348. The van der Waals surface area contributed by atoms with Crippen LogP contribution in [0, 0.1) is 6.92 Å². The first kappa shape index (κ1) is 12.5. The van der Waals surface area contributed by atoms with Crippen LogP contribution in [0.2, 0.25) is 0 Å². The molecule has 1 N–H and O–H groups in total. The largest absolute Gasteiger partial charge is 0.309 e. The molecule has 2 rings (SSSR count). The molecule has 1 atom stereocenters. The van der Waals surface area contributed by atoms with E-state index in [0.29, 0.717) is 6.04 Å². The quantitative estimate of drug-likeness (QED) is 0.912. The van der Waals surface area contributed by atoms with Crippen molar-refractivity contribution in [1.29, 1.82) is 0 Å². The van der Waals surface area contributed by atoms with Gasteiger partial charge in [-0.2, -0.15) is 11.8 Å². The van der Waals surface area contributed by atoms with E-state index in [-0.39, 0.29) is 0 Å². The highest BCUT2D eigenvalue weighted by Gasteiger charge is 2.13. The highest BCUT2D eigenvalue weighted by atomic mass is 79.9. The first-order valence-corrected chi connectivity index (χ1v) is 7.76. The zero-order valence-corrected chi connectivity index (χ0v) is 12.0. The van der Waals surface area contributed by atoms with Gasteiger partial charge < -0.3 is 5.32 Å². The van der Waals surface area contributed by atoms with Crippen molar-refractivity contribution in [3.05, 3.63) is 33.8 Å². The van der Waals surface area contributed by atoms with E-state index < -0.39 is 0 Å². The number of hydrogen-bond acceptors (Lipinski definition) is 2. The molecule has 0 bridgehead atoms. The molecule has 0 spiro atoms. The second-order valence-corrected chi connectivity index (χ2v) is 6.39. The Morgan fingerprint density at radius 2 is 2.38 bits per heavy atom. The predicted octanol–water partition coefficient (Wildman–Crippen LogP) is 3.74. The van der Waals surface area contributed by atoms with E-state index >= 15 is 0 Å². The van der Waals surface area contributed by atoms with Gasteiger partial charge in [-0.15, -0.1) is 0 Å². The van der Waals surface area contributed by atoms with E-state index in [1.54, 1.807) is 0 Å². The van der Waals surface area contributed by atoms with Gasteiger partial charge in [0, 0.05) is 22.8 Å². The number of aryl methyl sites for hydroxylation is 1. The van der Waals surface area contributed by atoms with Gasteiger partial charge in [0.05, 0.1) is 0 Å². The van der Waals surface area contributed by atoms with Crippen molar-refractivity contribution in [1.82, 2.24) is 5.32 Å². The second kappa shape index (κ2) is 6.08. The molecule has 1 nitrogen and oxygen atoms in total. The summed E-state index contributed by atoms with van der Waals surface area (Å²) in [5, 5.41) is 3.65. The Balaban J connectivity index is 1.88. The lowest BCUT2D eigenvalue weighted by Crippen LogP contribution is -2.33. The van der Waals surface area contributed by atoms with Crippen molar-refractivity contribution in [2.75, 3.05) is 11.5 Å². The summed E-state index contributed by atoms with van der Waals surface area (Å²) in [6, 6.07) is 7.28. The van der Waals surface area contributed by atoms with Gasteiger partial charge in [-0.3, -0.25) is 0 Å². The summed E-state index contributed by atoms with van der Waals surface area (Å²) in [6.45, 7) is 3.10. The molecule has 1 aliphatic rings. The van der Waals surface area contributed by atoms with Crippen LogP contribution in [0.4, 0.5) is 0 Å². The maximum atomic E-state index is 3.65. The summed E-state index contributed by atoms with van der Waals surface area (Å²) in [5.41, 5.74) is 2.67. The van der Waals surface area contributed by atoms with Crippen molar-refractivity contribution in [2.45, 2.75) is 32.4 Å². The normalized spacial score (nSPS) is 21.0. The molecular weight excluding hydrogens is 282 g/mol. The van der Waals surface area contributed by atoms with Gasteiger partial charge in [-0.05, 0) is 42.7 Å². The average Bonchev–Trinajstić information content (AvgIpc) is 2.29. The molecule has 1 aromatic carbocycles. The van der Waals surface area contributed by atoms with Gasteiger partial charge in [-0.1, -0.05) is 28.1 Å². The van der Waals surface area contributed by atoms with E-state index in [9.17, 15) is 0 Å². The highest BCUT2D eigenvalue weighted by molar-refractivity contribution is 9.10. The van der Waals surface area contributed by atoms with E-state index in [1.165, 1.54) is 39.9 Å². The maximum Gasteiger partial charge on any atom is 0.0222 e. The molecule has 16 heavy (non-hydrogen) atoms. The van der Waals surface area contributed by atoms with Gasteiger partial charge in [0.25, 0.3) is 0 Å². The fourth-order valence-corrected chi connectivity index (χ4v) is 3.69. The summed E-state index contributed by atoms with van der Waals surface area (Å²) in [6.07, 6.45) is 2.69. The van der Waals surface area contributed by atoms with Gasteiger partial charge >= 0.3 is 0 Å². The second-order valence-electron chi connectivity index (χ2n) is 4.39. The Morgan fingerprint density at radius 1 is 1.50 bits per heavy atom. The number of halogens is 1. The van der Waals surface area contributed by atoms with Crippen molar-refractivity contribution in [3.8, 4) is 0 Å². The van der Waals surface area contributed by atoms with Crippen molar-refractivity contribution in [2.24, 2.45) is 0 Å². The summed E-state index contributed by atoms with van der Waals surface area (Å²) >= 11 is 5.70. The van der Waals surface area contributed by atoms with Gasteiger partial charge in [0.2, 0.25) is 0 Å². The molecule has 1 fully saturated rings. The minimum Gasteiger partial charge on any atom is -0.309 e. The minimum atomic E-state index is 0.701. The third-order valence-electron chi connectivity index (χ3n) is 2.95. The smallest absolute Gasteiger partial charge is 0.0222 e. The van der Waals surface area contributed by atoms with Crippen molar-refractivity contribution >= 4 is 27.7 Å². The lowest BCUT2D eigenvalue weighted by Gasteiger charge is -2.22. The molecule has 0 radical (unpaired) electrons. The molecule has 0 amide bonds. The van der Waals surface area contributed by atoms with E-state index in [0.717, 1.165) is 6.54 Å². The molecular formula is C13H18BrNS. The molecule has 1 aliphatic heterocycles. The Morgan fingerprint density at radius 3 is 3.06 bits per heavy atom. The number of rotatable bonds is 3. The van der Waals surface area contributed by atoms with E-state index in [2.05, 4.69) is 58.1 Å². The van der Waals surface area contributed by atoms with Crippen LogP contribution >= 0.6 is 27.7 Å². The van der Waals surface area contributed by atoms with Gasteiger partial charge in [-0.25, -0.2) is 0 Å². The highest BCUT2D eigenvalue weighted by Crippen LogP contribution is 2.20. The molecule has 3 heteroatoms. The molecule has 1 saturated heterocycles. The Hall–Kier alpha value is 0.01000. The molecule has 1 unspecified atom stereocenters. The maximum absolute atomic E-state index is 3.65. The average molecular weight is 300 g/mol. The fourth-order valence-electron chi connectivity index (χ4n) is 1.95. The van der Waals surface area contributed by atoms with Crippen LogP contribution in [-0.4, -0.2) is 17.5 Å². The monoisotopic (exact) mass is 299 g/mol. The van der Waals surface area contributed by atoms with Crippen molar-refractivity contribution in [3.63, 3.8) is 0 Å². The third-order valence-corrected chi connectivity index (χ3v) is 4.90. The number of thioether (sulfide) groups is 1. The standard InChI is InChI=1S/C13H18BrNS/c1-10-4-5-11(13(14)7-10)8-15-12-3-2-6-16-9-12/h4-5,7,12,15H,2-3,6,8-9H2,1H3. The number of nitrogens with one attached hydrogen (secondary N) is 1. The van der Waals surface area contributed by atoms with Crippen molar-refractivity contribution < 1.29 is 0 Å². The summed E-state index contributed by atoms with van der Waals surface area (Å²) < 4.78 is 1.23. The van der Waals surface area contributed by atoms with Gasteiger partial charge in [0.1, 0.15) is 0 Å². The number of benzene rings is 1. The van der Waals surface area contributed by atoms with E-state index in [1.807, 2.05) is 0 Å². The van der Waals surface area contributed by atoms with Crippen LogP contribution in [0.25, 0.3) is 0 Å². The number of hydrogen-bond donors (Lipinski definition) is 1. The molecule has 1 heterocycles. The van der Waals surface area contributed by atoms with Crippen LogP contribution in [0.5, 0.6) is 0 Å². The SMILES string of the molecule is Cc1ccc(CNC2CCCSC2)c(Br)c1. The fraction of sp³-hybridized carbons (Fsp3) is 0.538. The zero-order valence-electron chi connectivity index (χ0n) is 9.63.